The van der Waals surface area contributed by atoms with E-state index in [4.69, 9.17) is 4.74 Å². The van der Waals surface area contributed by atoms with Gasteiger partial charge in [-0.3, -0.25) is 9.59 Å². The first-order valence-corrected chi connectivity index (χ1v) is 6.85. The number of ether oxygens (including phenoxy) is 1. The first-order valence-electron chi connectivity index (χ1n) is 6.85. The van der Waals surface area contributed by atoms with E-state index in [-0.39, 0.29) is 17.7 Å². The van der Waals surface area contributed by atoms with Gasteiger partial charge in [-0.15, -0.1) is 0 Å². The van der Waals surface area contributed by atoms with Gasteiger partial charge in [-0.05, 0) is 24.1 Å². The fraction of sp³-hybridized carbons (Fsp3) is 0.500. The molecule has 0 N–H and O–H groups in total. The topological polar surface area (TPSA) is 43.4 Å². The Bertz CT molecular complexity index is 420. The van der Waals surface area contributed by atoms with Gasteiger partial charge in [0.2, 0.25) is 0 Å². The molecule has 1 rings (SSSR count). The smallest absolute Gasteiger partial charge is 0.308 e. The van der Waals surface area contributed by atoms with Crippen LogP contribution in [0.3, 0.4) is 0 Å². The Morgan fingerprint density at radius 2 is 1.79 bits per heavy atom. The van der Waals surface area contributed by atoms with E-state index in [0.717, 1.165) is 24.8 Å². The van der Waals surface area contributed by atoms with Crippen molar-refractivity contribution >= 4 is 11.8 Å². The number of carbonyl (C=O) groups excluding carboxylic acids is 2. The van der Waals surface area contributed by atoms with Crippen molar-refractivity contribution in [3.8, 4) is 5.75 Å². The van der Waals surface area contributed by atoms with Crippen LogP contribution in [0.15, 0.2) is 24.3 Å². The number of ketones is 1. The minimum absolute atomic E-state index is 0.0942. The van der Waals surface area contributed by atoms with E-state index in [1.807, 2.05) is 19.1 Å². The van der Waals surface area contributed by atoms with Crippen molar-refractivity contribution in [3.63, 3.8) is 0 Å². The van der Waals surface area contributed by atoms with E-state index >= 15 is 0 Å². The van der Waals surface area contributed by atoms with Crippen molar-refractivity contribution in [2.45, 2.75) is 52.4 Å². The maximum atomic E-state index is 12.0. The van der Waals surface area contributed by atoms with E-state index < -0.39 is 0 Å². The highest BCUT2D eigenvalue weighted by Gasteiger charge is 2.14. The summed E-state index contributed by atoms with van der Waals surface area (Å²) < 4.78 is 4.97. The lowest BCUT2D eigenvalue weighted by Crippen LogP contribution is -2.09. The van der Waals surface area contributed by atoms with Crippen LogP contribution >= 0.6 is 0 Å². The van der Waals surface area contributed by atoms with Crippen LogP contribution in [0, 0.1) is 0 Å². The van der Waals surface area contributed by atoms with Gasteiger partial charge in [0.05, 0.1) is 0 Å². The Morgan fingerprint density at radius 3 is 2.32 bits per heavy atom. The summed E-state index contributed by atoms with van der Waals surface area (Å²) in [5, 5.41) is 0. The average molecular weight is 262 g/mol. The summed E-state index contributed by atoms with van der Waals surface area (Å²) >= 11 is 0. The first-order chi connectivity index (χ1) is 9.04. The van der Waals surface area contributed by atoms with Crippen LogP contribution in [0.5, 0.6) is 5.75 Å². The van der Waals surface area contributed by atoms with Gasteiger partial charge in [-0.2, -0.15) is 0 Å². The molecule has 0 aliphatic rings. The third-order valence-electron chi connectivity index (χ3n) is 3.15. The second-order valence-electron chi connectivity index (χ2n) is 4.81. The summed E-state index contributed by atoms with van der Waals surface area (Å²) in [5.74, 6) is 0.357. The molecule has 0 heterocycles. The molecule has 1 aromatic rings. The van der Waals surface area contributed by atoms with E-state index in [1.165, 1.54) is 6.92 Å². The minimum atomic E-state index is -0.337. The number of hydrogen-bond donors (Lipinski definition) is 0. The molecule has 19 heavy (non-hydrogen) atoms. The highest BCUT2D eigenvalue weighted by molar-refractivity contribution is 5.85. The predicted octanol–water partition coefficient (Wildman–Crippen LogP) is 3.86. The summed E-state index contributed by atoms with van der Waals surface area (Å²) in [6.07, 6.45) is 3.83. The molecule has 0 fully saturated rings. The number of unbranched alkanes of at least 4 members (excludes halogenated alkanes) is 2. The van der Waals surface area contributed by atoms with Gasteiger partial charge >= 0.3 is 5.97 Å². The van der Waals surface area contributed by atoms with E-state index in [1.54, 1.807) is 12.1 Å². The molecule has 0 radical (unpaired) electrons. The van der Waals surface area contributed by atoms with Crippen molar-refractivity contribution in [1.82, 2.24) is 0 Å². The molecule has 0 saturated carbocycles. The van der Waals surface area contributed by atoms with Gasteiger partial charge in [-0.25, -0.2) is 0 Å². The second kappa shape index (κ2) is 7.72. The molecule has 1 aromatic carbocycles. The van der Waals surface area contributed by atoms with Gasteiger partial charge in [-0.1, -0.05) is 38.8 Å². The van der Waals surface area contributed by atoms with Crippen molar-refractivity contribution in [2.24, 2.45) is 0 Å². The molecular weight excluding hydrogens is 240 g/mol. The summed E-state index contributed by atoms with van der Waals surface area (Å²) in [6.45, 7) is 5.42. The summed E-state index contributed by atoms with van der Waals surface area (Å²) in [4.78, 5) is 22.8. The molecule has 0 aromatic heterocycles. The Balaban J connectivity index is 2.59. The standard InChI is InChI=1S/C16H22O3/c1-4-5-6-7-16(18)12(2)14-8-10-15(11-9-14)19-13(3)17/h8-12H,4-7H2,1-3H3. The zero-order valence-electron chi connectivity index (χ0n) is 11.9. The number of carbonyl (C=O) groups is 2. The fourth-order valence-electron chi connectivity index (χ4n) is 1.94. The Kier molecular flexibility index (Phi) is 6.26. The zero-order valence-corrected chi connectivity index (χ0v) is 11.9. The third kappa shape index (κ3) is 5.25. The van der Waals surface area contributed by atoms with Crippen LogP contribution in [-0.4, -0.2) is 11.8 Å². The van der Waals surface area contributed by atoms with Crippen LogP contribution in [-0.2, 0) is 9.59 Å². The van der Waals surface area contributed by atoms with Crippen molar-refractivity contribution < 1.29 is 14.3 Å². The molecule has 0 amide bonds. The minimum Gasteiger partial charge on any atom is -0.427 e. The molecule has 1 unspecified atom stereocenters. The molecule has 0 bridgehead atoms. The van der Waals surface area contributed by atoms with Gasteiger partial charge in [0.15, 0.2) is 0 Å². The lowest BCUT2D eigenvalue weighted by Gasteiger charge is -2.11. The van der Waals surface area contributed by atoms with Crippen molar-refractivity contribution in [1.29, 1.82) is 0 Å². The van der Waals surface area contributed by atoms with E-state index in [0.29, 0.717) is 12.2 Å². The van der Waals surface area contributed by atoms with Crippen LogP contribution in [0.1, 0.15) is 57.9 Å². The SMILES string of the molecule is CCCCCC(=O)C(C)c1ccc(OC(C)=O)cc1. The summed E-state index contributed by atoms with van der Waals surface area (Å²) in [6, 6.07) is 7.15. The molecule has 1 atom stereocenters. The molecule has 104 valence electrons. The maximum Gasteiger partial charge on any atom is 0.308 e. The number of hydrogen-bond acceptors (Lipinski definition) is 3. The molecule has 0 saturated heterocycles. The van der Waals surface area contributed by atoms with Crippen molar-refractivity contribution in [3.05, 3.63) is 29.8 Å². The summed E-state index contributed by atoms with van der Waals surface area (Å²) in [7, 11) is 0. The number of esters is 1. The van der Waals surface area contributed by atoms with Crippen LogP contribution in [0.25, 0.3) is 0 Å². The van der Waals surface area contributed by atoms with E-state index in [2.05, 4.69) is 6.92 Å². The largest absolute Gasteiger partial charge is 0.427 e. The molecule has 0 aliphatic heterocycles. The van der Waals surface area contributed by atoms with Crippen LogP contribution < -0.4 is 4.74 Å². The predicted molar refractivity (Wildman–Crippen MR) is 75.3 cm³/mol. The van der Waals surface area contributed by atoms with Crippen LogP contribution in [0.4, 0.5) is 0 Å². The van der Waals surface area contributed by atoms with E-state index in [9.17, 15) is 9.59 Å². The highest BCUT2D eigenvalue weighted by Crippen LogP contribution is 2.22. The Morgan fingerprint density at radius 1 is 1.16 bits per heavy atom. The highest BCUT2D eigenvalue weighted by atomic mass is 16.5. The number of rotatable bonds is 7. The monoisotopic (exact) mass is 262 g/mol. The van der Waals surface area contributed by atoms with Gasteiger partial charge in [0.25, 0.3) is 0 Å². The number of benzene rings is 1. The lowest BCUT2D eigenvalue weighted by molar-refractivity contribution is -0.131. The third-order valence-corrected chi connectivity index (χ3v) is 3.15. The normalized spacial score (nSPS) is 11.9. The molecule has 0 spiro atoms. The zero-order chi connectivity index (χ0) is 14.3. The van der Waals surface area contributed by atoms with Gasteiger partial charge in [0, 0.05) is 19.3 Å². The number of Topliss-reactive ketones (excluding diaryl/α,β-unsaturated/α-hetero) is 1. The Labute approximate surface area is 115 Å². The molecule has 3 heteroatoms. The Hall–Kier alpha value is -1.64. The fourth-order valence-corrected chi connectivity index (χ4v) is 1.94. The summed E-state index contributed by atoms with van der Waals surface area (Å²) in [5.41, 5.74) is 0.970. The van der Waals surface area contributed by atoms with Gasteiger partial charge in [0.1, 0.15) is 11.5 Å². The van der Waals surface area contributed by atoms with Crippen molar-refractivity contribution in [2.75, 3.05) is 0 Å². The molecule has 3 nitrogen and oxygen atoms in total. The van der Waals surface area contributed by atoms with Crippen LogP contribution in [0.2, 0.25) is 0 Å². The molecular formula is C16H22O3. The maximum absolute atomic E-state index is 12.0. The second-order valence-corrected chi connectivity index (χ2v) is 4.81. The van der Waals surface area contributed by atoms with Gasteiger partial charge < -0.3 is 4.74 Å². The molecule has 0 aliphatic carbocycles. The lowest BCUT2D eigenvalue weighted by atomic mass is 9.93. The average Bonchev–Trinajstić information content (AvgIpc) is 2.38. The first kappa shape index (κ1) is 15.4. The quantitative estimate of drug-likeness (QED) is 0.425.